The predicted molar refractivity (Wildman–Crippen MR) is 70.2 cm³/mol. The molecule has 0 saturated carbocycles. The Labute approximate surface area is 107 Å². The van der Waals surface area contributed by atoms with E-state index in [1.807, 2.05) is 60.7 Å². The molecule has 2 rings (SSSR count). The van der Waals surface area contributed by atoms with E-state index >= 15 is 0 Å². The zero-order valence-electron chi connectivity index (χ0n) is 10.1. The summed E-state index contributed by atoms with van der Waals surface area (Å²) in [6.07, 6.45) is 0. The molecular formula is C15H17NO2. The van der Waals surface area contributed by atoms with Crippen molar-refractivity contribution in [3.63, 3.8) is 0 Å². The molecule has 1 atom stereocenters. The molecule has 2 N–H and O–H groups in total. The first-order chi connectivity index (χ1) is 8.90. The number of rotatable bonds is 6. The van der Waals surface area contributed by atoms with Crippen molar-refractivity contribution in [1.82, 2.24) is 5.48 Å². The van der Waals surface area contributed by atoms with Gasteiger partial charge in [0.1, 0.15) is 0 Å². The number of hydrogen-bond acceptors (Lipinski definition) is 3. The third-order valence-electron chi connectivity index (χ3n) is 2.75. The van der Waals surface area contributed by atoms with Crippen molar-refractivity contribution in [2.24, 2.45) is 0 Å². The molecule has 3 nitrogen and oxygen atoms in total. The summed E-state index contributed by atoms with van der Waals surface area (Å²) < 4.78 is 5.60. The Hall–Kier alpha value is -1.68. The van der Waals surface area contributed by atoms with Crippen LogP contribution in [0.25, 0.3) is 0 Å². The quantitative estimate of drug-likeness (QED) is 0.766. The fourth-order valence-corrected chi connectivity index (χ4v) is 1.76. The molecule has 0 aliphatic heterocycles. The topological polar surface area (TPSA) is 41.5 Å². The molecule has 3 heteroatoms. The lowest BCUT2D eigenvalue weighted by atomic mass is 10.1. The van der Waals surface area contributed by atoms with Gasteiger partial charge in [-0.1, -0.05) is 60.7 Å². The molecule has 0 aromatic heterocycles. The minimum Gasteiger partial charge on any atom is -0.375 e. The first-order valence-electron chi connectivity index (χ1n) is 5.96. The van der Waals surface area contributed by atoms with Crippen LogP contribution in [0.5, 0.6) is 0 Å². The van der Waals surface area contributed by atoms with E-state index in [0.29, 0.717) is 13.2 Å². The molecule has 0 heterocycles. The second kappa shape index (κ2) is 6.91. The average Bonchev–Trinajstić information content (AvgIpc) is 2.46. The summed E-state index contributed by atoms with van der Waals surface area (Å²) in [6, 6.07) is 19.5. The fraction of sp³-hybridized carbons (Fsp3) is 0.200. The highest BCUT2D eigenvalue weighted by molar-refractivity contribution is 5.18. The normalized spacial score (nSPS) is 12.3. The Morgan fingerprint density at radius 2 is 1.56 bits per heavy atom. The standard InChI is InChI=1S/C15H17NO2/c17-16-15(14-9-5-2-6-10-14)12-18-11-13-7-3-1-4-8-13/h1-10,15-17H,11-12H2/t15-/m1/s1. The van der Waals surface area contributed by atoms with Gasteiger partial charge < -0.3 is 9.94 Å². The summed E-state index contributed by atoms with van der Waals surface area (Å²) in [7, 11) is 0. The Bertz CT molecular complexity index is 445. The third kappa shape index (κ3) is 3.67. The van der Waals surface area contributed by atoms with Gasteiger partial charge in [-0.15, -0.1) is 0 Å². The molecule has 0 amide bonds. The van der Waals surface area contributed by atoms with E-state index in [9.17, 15) is 0 Å². The van der Waals surface area contributed by atoms with E-state index < -0.39 is 0 Å². The number of hydrogen-bond donors (Lipinski definition) is 2. The first-order valence-corrected chi connectivity index (χ1v) is 5.96. The van der Waals surface area contributed by atoms with Gasteiger partial charge in [0.15, 0.2) is 0 Å². The summed E-state index contributed by atoms with van der Waals surface area (Å²) in [6.45, 7) is 0.973. The van der Waals surface area contributed by atoms with Crippen LogP contribution in [0.15, 0.2) is 60.7 Å². The molecule has 0 unspecified atom stereocenters. The molecule has 2 aromatic carbocycles. The molecule has 94 valence electrons. The molecular weight excluding hydrogens is 226 g/mol. The van der Waals surface area contributed by atoms with Crippen molar-refractivity contribution in [1.29, 1.82) is 0 Å². The summed E-state index contributed by atoms with van der Waals surface area (Å²) in [5, 5.41) is 9.15. The summed E-state index contributed by atoms with van der Waals surface area (Å²) in [5.41, 5.74) is 4.41. The molecule has 2 aromatic rings. The van der Waals surface area contributed by atoms with Crippen LogP contribution >= 0.6 is 0 Å². The third-order valence-corrected chi connectivity index (χ3v) is 2.75. The van der Waals surface area contributed by atoms with Crippen LogP contribution in [0.3, 0.4) is 0 Å². The van der Waals surface area contributed by atoms with Crippen LogP contribution in [0, 0.1) is 0 Å². The van der Waals surface area contributed by atoms with E-state index in [-0.39, 0.29) is 6.04 Å². The van der Waals surface area contributed by atoms with Crippen molar-refractivity contribution in [2.45, 2.75) is 12.6 Å². The van der Waals surface area contributed by atoms with Crippen molar-refractivity contribution in [2.75, 3.05) is 6.61 Å². The van der Waals surface area contributed by atoms with Crippen molar-refractivity contribution >= 4 is 0 Å². The Morgan fingerprint density at radius 1 is 0.944 bits per heavy atom. The molecule has 0 fully saturated rings. The highest BCUT2D eigenvalue weighted by atomic mass is 16.5. The van der Waals surface area contributed by atoms with Crippen LogP contribution in [0.2, 0.25) is 0 Å². The maximum absolute atomic E-state index is 9.15. The molecule has 0 saturated heterocycles. The average molecular weight is 243 g/mol. The number of hydroxylamine groups is 1. The van der Waals surface area contributed by atoms with Gasteiger partial charge in [-0.25, -0.2) is 0 Å². The van der Waals surface area contributed by atoms with Gasteiger partial charge in [0, 0.05) is 0 Å². The Balaban J connectivity index is 1.85. The Morgan fingerprint density at radius 3 is 2.17 bits per heavy atom. The fourth-order valence-electron chi connectivity index (χ4n) is 1.76. The van der Waals surface area contributed by atoms with Gasteiger partial charge in [-0.05, 0) is 11.1 Å². The minimum atomic E-state index is -0.199. The Kier molecular flexibility index (Phi) is 4.90. The number of nitrogens with one attached hydrogen (secondary N) is 1. The van der Waals surface area contributed by atoms with Crippen molar-refractivity contribution in [3.05, 3.63) is 71.8 Å². The van der Waals surface area contributed by atoms with E-state index in [0.717, 1.165) is 11.1 Å². The van der Waals surface area contributed by atoms with Crippen molar-refractivity contribution in [3.8, 4) is 0 Å². The smallest absolute Gasteiger partial charge is 0.0802 e. The van der Waals surface area contributed by atoms with E-state index in [1.54, 1.807) is 0 Å². The molecule has 0 aliphatic rings. The lowest BCUT2D eigenvalue weighted by molar-refractivity contribution is 0.0421. The van der Waals surface area contributed by atoms with E-state index in [1.165, 1.54) is 0 Å². The van der Waals surface area contributed by atoms with Gasteiger partial charge in [-0.2, -0.15) is 5.48 Å². The highest BCUT2D eigenvalue weighted by Gasteiger charge is 2.09. The van der Waals surface area contributed by atoms with Gasteiger partial charge in [0.05, 0.1) is 19.3 Å². The lowest BCUT2D eigenvalue weighted by Gasteiger charge is -2.15. The zero-order valence-corrected chi connectivity index (χ0v) is 10.1. The molecule has 0 aliphatic carbocycles. The number of benzene rings is 2. The monoisotopic (exact) mass is 243 g/mol. The SMILES string of the molecule is ON[C@H](COCc1ccccc1)c1ccccc1. The van der Waals surface area contributed by atoms with Gasteiger partial charge >= 0.3 is 0 Å². The van der Waals surface area contributed by atoms with Gasteiger partial charge in [-0.3, -0.25) is 0 Å². The van der Waals surface area contributed by atoms with Crippen LogP contribution in [0.1, 0.15) is 17.2 Å². The first kappa shape index (κ1) is 12.8. The maximum Gasteiger partial charge on any atom is 0.0802 e. The van der Waals surface area contributed by atoms with Crippen LogP contribution in [-0.2, 0) is 11.3 Å². The van der Waals surface area contributed by atoms with Crippen LogP contribution < -0.4 is 5.48 Å². The second-order valence-electron chi connectivity index (χ2n) is 4.09. The highest BCUT2D eigenvalue weighted by Crippen LogP contribution is 2.13. The predicted octanol–water partition coefficient (Wildman–Crippen LogP) is 2.92. The minimum absolute atomic E-state index is 0.199. The molecule has 0 radical (unpaired) electrons. The summed E-state index contributed by atoms with van der Waals surface area (Å²) >= 11 is 0. The van der Waals surface area contributed by atoms with Gasteiger partial charge in [0.25, 0.3) is 0 Å². The van der Waals surface area contributed by atoms with Crippen molar-refractivity contribution < 1.29 is 9.94 Å². The molecule has 0 spiro atoms. The van der Waals surface area contributed by atoms with Gasteiger partial charge in [0.2, 0.25) is 0 Å². The van der Waals surface area contributed by atoms with E-state index in [2.05, 4.69) is 5.48 Å². The summed E-state index contributed by atoms with van der Waals surface area (Å²) in [5.74, 6) is 0. The van der Waals surface area contributed by atoms with Crippen LogP contribution in [0.4, 0.5) is 0 Å². The lowest BCUT2D eigenvalue weighted by Crippen LogP contribution is -2.22. The number of ether oxygens (including phenoxy) is 1. The maximum atomic E-state index is 9.15. The molecule has 0 bridgehead atoms. The largest absolute Gasteiger partial charge is 0.375 e. The van der Waals surface area contributed by atoms with Crippen LogP contribution in [-0.4, -0.2) is 11.8 Å². The van der Waals surface area contributed by atoms with E-state index in [4.69, 9.17) is 9.94 Å². The zero-order chi connectivity index (χ0) is 12.6. The second-order valence-corrected chi connectivity index (χ2v) is 4.09. The molecule has 18 heavy (non-hydrogen) atoms. The summed E-state index contributed by atoms with van der Waals surface area (Å²) in [4.78, 5) is 0.